The van der Waals surface area contributed by atoms with Gasteiger partial charge < -0.3 is 4.42 Å². The Balaban J connectivity index is 1.14. The molecule has 49 heavy (non-hydrogen) atoms. The Morgan fingerprint density at radius 2 is 0.959 bits per heavy atom. The van der Waals surface area contributed by atoms with E-state index < -0.39 is 0 Å². The zero-order chi connectivity index (χ0) is 35.8. The van der Waals surface area contributed by atoms with Crippen LogP contribution >= 0.6 is 0 Å². The van der Waals surface area contributed by atoms with Crippen molar-refractivity contribution >= 4 is 54.3 Å². The molecule has 0 radical (unpaired) electrons. The van der Waals surface area contributed by atoms with Crippen LogP contribution in [0.1, 0.15) is 5.48 Å². The molecule has 0 saturated heterocycles. The van der Waals surface area contributed by atoms with E-state index in [9.17, 15) is 0 Å². The summed E-state index contributed by atoms with van der Waals surface area (Å²) in [4.78, 5) is 0. The van der Waals surface area contributed by atoms with Crippen molar-refractivity contribution in [1.29, 1.82) is 0 Å². The fourth-order valence-electron chi connectivity index (χ4n) is 7.60. The fourth-order valence-corrected chi connectivity index (χ4v) is 7.60. The van der Waals surface area contributed by atoms with Crippen molar-refractivity contribution in [3.05, 3.63) is 182 Å². The Morgan fingerprint density at radius 3 is 1.69 bits per heavy atom. The molecule has 9 aromatic carbocycles. The number of furan rings is 1. The summed E-state index contributed by atoms with van der Waals surface area (Å²) in [6.07, 6.45) is 0. The van der Waals surface area contributed by atoms with Crippen LogP contribution in [0, 0.1) is 0 Å². The minimum Gasteiger partial charge on any atom is -0.455 e. The average Bonchev–Trinajstić information content (AvgIpc) is 3.60. The van der Waals surface area contributed by atoms with Crippen LogP contribution in [-0.4, -0.2) is 0 Å². The Hall–Kier alpha value is -6.44. The SMILES string of the molecule is [2H]c1c([2H])c([2H])c2c(ccc3oc4c(-c5ccc(-c6c7ccccc7c(-c7cccc(-c8ccccc8)c7)c7ccccc67)cc5)cccc4c32)c1[2H]. The lowest BCUT2D eigenvalue weighted by molar-refractivity contribution is 0.670. The van der Waals surface area contributed by atoms with Crippen molar-refractivity contribution in [3.8, 4) is 44.5 Å². The van der Waals surface area contributed by atoms with Crippen LogP contribution in [-0.2, 0) is 0 Å². The van der Waals surface area contributed by atoms with E-state index in [-0.39, 0.29) is 24.2 Å². The van der Waals surface area contributed by atoms with Crippen LogP contribution in [0.3, 0.4) is 0 Å². The predicted octanol–water partition coefficient (Wildman–Crippen LogP) is 13.7. The highest BCUT2D eigenvalue weighted by Gasteiger charge is 2.18. The zero-order valence-electron chi connectivity index (χ0n) is 30.4. The van der Waals surface area contributed by atoms with Crippen molar-refractivity contribution in [3.63, 3.8) is 0 Å². The van der Waals surface area contributed by atoms with Crippen molar-refractivity contribution in [2.24, 2.45) is 0 Å². The molecule has 0 aliphatic rings. The van der Waals surface area contributed by atoms with E-state index in [0.29, 0.717) is 27.3 Å². The molecule has 10 rings (SSSR count). The summed E-state index contributed by atoms with van der Waals surface area (Å²) in [5, 5.41) is 7.27. The average molecular weight is 627 g/mol. The minimum absolute atomic E-state index is 0.0437. The molecule has 0 atom stereocenters. The quantitative estimate of drug-likeness (QED) is 0.177. The maximum absolute atomic E-state index is 8.73. The molecule has 1 nitrogen and oxygen atoms in total. The molecule has 228 valence electrons. The predicted molar refractivity (Wildman–Crippen MR) is 208 cm³/mol. The van der Waals surface area contributed by atoms with Gasteiger partial charge in [-0.3, -0.25) is 0 Å². The minimum atomic E-state index is -0.245. The molecule has 0 spiro atoms. The summed E-state index contributed by atoms with van der Waals surface area (Å²) in [7, 11) is 0. The third-order valence-corrected chi connectivity index (χ3v) is 9.79. The summed E-state index contributed by atoms with van der Waals surface area (Å²) in [6, 6.07) is 54.4. The van der Waals surface area contributed by atoms with Gasteiger partial charge in [0.15, 0.2) is 0 Å². The summed E-state index contributed by atoms with van der Waals surface area (Å²) >= 11 is 0. The van der Waals surface area contributed by atoms with Gasteiger partial charge in [0, 0.05) is 16.3 Å². The lowest BCUT2D eigenvalue weighted by Gasteiger charge is -2.18. The first-order valence-corrected chi connectivity index (χ1v) is 16.5. The van der Waals surface area contributed by atoms with Crippen LogP contribution in [0.15, 0.2) is 186 Å². The van der Waals surface area contributed by atoms with Gasteiger partial charge in [-0.15, -0.1) is 0 Å². The Morgan fingerprint density at radius 1 is 0.388 bits per heavy atom. The smallest absolute Gasteiger partial charge is 0.143 e. The molecule has 0 unspecified atom stereocenters. The zero-order valence-corrected chi connectivity index (χ0v) is 26.4. The van der Waals surface area contributed by atoms with Gasteiger partial charge in [0.25, 0.3) is 0 Å². The Kier molecular flexibility index (Phi) is 5.38. The molecule has 1 heterocycles. The highest BCUT2D eigenvalue weighted by molar-refractivity contribution is 6.22. The van der Waals surface area contributed by atoms with Gasteiger partial charge in [-0.1, -0.05) is 170 Å². The van der Waals surface area contributed by atoms with Crippen molar-refractivity contribution in [2.75, 3.05) is 0 Å². The van der Waals surface area contributed by atoms with Crippen LogP contribution in [0.4, 0.5) is 0 Å². The molecule has 0 aliphatic carbocycles. The first-order valence-electron chi connectivity index (χ1n) is 18.5. The maximum atomic E-state index is 8.73. The van der Waals surface area contributed by atoms with E-state index >= 15 is 0 Å². The molecule has 0 bridgehead atoms. The second-order valence-electron chi connectivity index (χ2n) is 12.5. The second-order valence-corrected chi connectivity index (χ2v) is 12.5. The van der Waals surface area contributed by atoms with Crippen molar-refractivity contribution in [2.45, 2.75) is 0 Å². The summed E-state index contributed by atoms with van der Waals surface area (Å²) < 4.78 is 40.2. The van der Waals surface area contributed by atoms with Gasteiger partial charge in [0.1, 0.15) is 11.2 Å². The monoisotopic (exact) mass is 626 g/mol. The summed E-state index contributed by atoms with van der Waals surface area (Å²) in [5.41, 5.74) is 10.3. The first-order chi connectivity index (χ1) is 26.0. The number of rotatable bonds is 4. The van der Waals surface area contributed by atoms with Gasteiger partial charge in [-0.05, 0) is 83.4 Å². The molecule has 0 amide bonds. The number of fused-ring (bicyclic) bond motifs is 7. The van der Waals surface area contributed by atoms with Crippen LogP contribution in [0.2, 0.25) is 0 Å². The molecule has 1 heteroatoms. The third kappa shape index (κ3) is 4.40. The van der Waals surface area contributed by atoms with Gasteiger partial charge in [-0.2, -0.15) is 0 Å². The molecule has 1 aromatic heterocycles. The van der Waals surface area contributed by atoms with Crippen molar-refractivity contribution in [1.82, 2.24) is 0 Å². The summed E-state index contributed by atoms with van der Waals surface area (Å²) in [6.45, 7) is 0. The molecule has 0 N–H and O–H groups in total. The van der Waals surface area contributed by atoms with Gasteiger partial charge in [-0.25, -0.2) is 0 Å². The van der Waals surface area contributed by atoms with Crippen LogP contribution in [0.5, 0.6) is 0 Å². The van der Waals surface area contributed by atoms with Gasteiger partial charge in [0.05, 0.1) is 5.48 Å². The maximum Gasteiger partial charge on any atom is 0.143 e. The van der Waals surface area contributed by atoms with E-state index in [1.807, 2.05) is 30.3 Å². The topological polar surface area (TPSA) is 13.1 Å². The van der Waals surface area contributed by atoms with E-state index in [2.05, 4.69) is 121 Å². The lowest BCUT2D eigenvalue weighted by Crippen LogP contribution is -1.91. The second kappa shape index (κ2) is 11.1. The largest absolute Gasteiger partial charge is 0.455 e. The molecule has 0 aliphatic heterocycles. The van der Waals surface area contributed by atoms with E-state index in [4.69, 9.17) is 9.90 Å². The van der Waals surface area contributed by atoms with Crippen LogP contribution < -0.4 is 0 Å². The van der Waals surface area contributed by atoms with E-state index in [1.165, 1.54) is 49.4 Å². The fraction of sp³-hybridized carbons (Fsp3) is 0. The normalized spacial score (nSPS) is 12.8. The van der Waals surface area contributed by atoms with E-state index in [1.54, 1.807) is 6.07 Å². The first kappa shape index (κ1) is 23.8. The van der Waals surface area contributed by atoms with Crippen molar-refractivity contribution < 1.29 is 9.90 Å². The number of hydrogen-bond donors (Lipinski definition) is 0. The number of para-hydroxylation sites is 1. The number of hydrogen-bond acceptors (Lipinski definition) is 1. The molecular weight excluding hydrogens is 593 g/mol. The molecule has 10 aromatic rings. The van der Waals surface area contributed by atoms with Crippen LogP contribution in [0.25, 0.3) is 98.8 Å². The highest BCUT2D eigenvalue weighted by Crippen LogP contribution is 2.45. The van der Waals surface area contributed by atoms with Gasteiger partial charge >= 0.3 is 0 Å². The standard InChI is InChI=1S/C48H30O/c1-2-12-31(13-3-1)35-15-10-16-36(30-35)46-41-20-8-6-18-39(41)45(40-19-7-9-21-42(40)46)34-26-24-33(25-27-34)38-22-11-23-43-47-37-17-5-4-14-32(37)28-29-44(47)49-48(38)43/h1-30H/i4D,5D,14D,17D. The molecule has 0 fully saturated rings. The number of benzene rings is 9. The molecular formula is C48H30O. The van der Waals surface area contributed by atoms with E-state index in [0.717, 1.165) is 22.1 Å². The van der Waals surface area contributed by atoms with Gasteiger partial charge in [0.2, 0.25) is 0 Å². The Labute approximate surface area is 289 Å². The molecule has 0 saturated carbocycles. The lowest BCUT2D eigenvalue weighted by atomic mass is 9.85. The highest BCUT2D eigenvalue weighted by atomic mass is 16.3. The summed E-state index contributed by atoms with van der Waals surface area (Å²) in [5.74, 6) is 0. The third-order valence-electron chi connectivity index (χ3n) is 9.79. The Bertz CT molecular complexity index is 3030.